The third-order valence-corrected chi connectivity index (χ3v) is 7.32. The van der Waals surface area contributed by atoms with Crippen LogP contribution < -0.4 is 4.90 Å². The van der Waals surface area contributed by atoms with Crippen molar-refractivity contribution in [2.24, 2.45) is 5.41 Å². The zero-order chi connectivity index (χ0) is 21.0. The van der Waals surface area contributed by atoms with Crippen LogP contribution in [0.2, 0.25) is 0 Å². The summed E-state index contributed by atoms with van der Waals surface area (Å²) < 4.78 is 2.08. The number of nitrogens with zero attached hydrogens (tertiary/aromatic N) is 5. The number of rotatable bonds is 2. The molecule has 6 rings (SSSR count). The first-order chi connectivity index (χ1) is 15.1. The second-order valence-corrected chi connectivity index (χ2v) is 9.26. The highest BCUT2D eigenvalue weighted by Gasteiger charge is 2.41. The minimum Gasteiger partial charge on any atom is -0.355 e. The van der Waals surface area contributed by atoms with Gasteiger partial charge in [-0.25, -0.2) is 9.50 Å². The van der Waals surface area contributed by atoms with Crippen molar-refractivity contribution in [3.05, 3.63) is 77.4 Å². The average molecular weight is 410 g/mol. The Balaban J connectivity index is 1.33. The molecule has 1 aliphatic heterocycles. The van der Waals surface area contributed by atoms with E-state index in [1.54, 1.807) is 0 Å². The topological polar surface area (TPSA) is 46.3 Å². The number of benzene rings is 1. The van der Waals surface area contributed by atoms with Crippen molar-refractivity contribution in [1.29, 1.82) is 0 Å². The summed E-state index contributed by atoms with van der Waals surface area (Å²) in [4.78, 5) is 12.2. The van der Waals surface area contributed by atoms with E-state index in [2.05, 4.69) is 70.7 Å². The predicted octanol–water partition coefficient (Wildman–Crippen LogP) is 4.79. The molecule has 1 fully saturated rings. The lowest BCUT2D eigenvalue weighted by Gasteiger charge is -2.40. The Bertz CT molecular complexity index is 1250. The molecule has 0 bridgehead atoms. The van der Waals surface area contributed by atoms with Crippen LogP contribution in [0.4, 0.5) is 5.82 Å². The Morgan fingerprint density at radius 1 is 0.903 bits per heavy atom. The monoisotopic (exact) mass is 409 g/mol. The highest BCUT2D eigenvalue weighted by molar-refractivity contribution is 5.76. The van der Waals surface area contributed by atoms with Crippen LogP contribution in [0.25, 0.3) is 16.8 Å². The number of pyridine rings is 1. The Morgan fingerprint density at radius 2 is 1.74 bits per heavy atom. The molecule has 5 heteroatoms. The minimum atomic E-state index is 0.375. The van der Waals surface area contributed by atoms with E-state index < -0.39 is 0 Å². The first-order valence-corrected chi connectivity index (χ1v) is 11.2. The van der Waals surface area contributed by atoms with Gasteiger partial charge >= 0.3 is 0 Å². The van der Waals surface area contributed by atoms with Crippen molar-refractivity contribution in [1.82, 2.24) is 19.6 Å². The second kappa shape index (κ2) is 6.91. The van der Waals surface area contributed by atoms with Gasteiger partial charge in [0.25, 0.3) is 0 Å². The molecule has 0 saturated carbocycles. The molecule has 4 aromatic rings. The van der Waals surface area contributed by atoms with Gasteiger partial charge in [0.1, 0.15) is 5.52 Å². The molecule has 0 atom stereocenters. The van der Waals surface area contributed by atoms with E-state index >= 15 is 0 Å². The highest BCUT2D eigenvalue weighted by atomic mass is 15.3. The third kappa shape index (κ3) is 2.94. The third-order valence-electron chi connectivity index (χ3n) is 7.32. The van der Waals surface area contributed by atoms with Crippen molar-refractivity contribution >= 4 is 11.3 Å². The molecule has 0 amide bonds. The lowest BCUT2D eigenvalue weighted by molar-refractivity contribution is 0.231. The quantitative estimate of drug-likeness (QED) is 0.477. The SMILES string of the molecule is Cc1ccccc1-c1c(C)nc(N2CCC3(CC2)Cc2cccnc2C3)c2ccnn12. The highest BCUT2D eigenvalue weighted by Crippen LogP contribution is 2.45. The maximum atomic E-state index is 5.12. The van der Waals surface area contributed by atoms with Crippen LogP contribution >= 0.6 is 0 Å². The zero-order valence-corrected chi connectivity index (χ0v) is 18.2. The molecule has 156 valence electrons. The number of aryl methyl sites for hydroxylation is 2. The number of aromatic nitrogens is 4. The lowest BCUT2D eigenvalue weighted by Crippen LogP contribution is -2.41. The molecule has 5 nitrogen and oxygen atoms in total. The Labute approximate surface area is 182 Å². The van der Waals surface area contributed by atoms with Crippen LogP contribution in [0, 0.1) is 19.3 Å². The molecule has 1 aromatic carbocycles. The van der Waals surface area contributed by atoms with E-state index in [1.165, 1.54) is 41.6 Å². The summed E-state index contributed by atoms with van der Waals surface area (Å²) in [6.45, 7) is 6.32. The van der Waals surface area contributed by atoms with Gasteiger partial charge in [-0.1, -0.05) is 30.3 Å². The van der Waals surface area contributed by atoms with E-state index in [0.29, 0.717) is 5.41 Å². The zero-order valence-electron chi connectivity index (χ0n) is 18.2. The molecular weight excluding hydrogens is 382 g/mol. The van der Waals surface area contributed by atoms with Gasteiger partial charge in [0.2, 0.25) is 0 Å². The van der Waals surface area contributed by atoms with Gasteiger partial charge in [-0.3, -0.25) is 4.98 Å². The maximum absolute atomic E-state index is 5.12. The fraction of sp³-hybridized carbons (Fsp3) is 0.346. The number of fused-ring (bicyclic) bond motifs is 2. The smallest absolute Gasteiger partial charge is 0.155 e. The van der Waals surface area contributed by atoms with E-state index in [9.17, 15) is 0 Å². The number of hydrogen-bond acceptors (Lipinski definition) is 4. The summed E-state index contributed by atoms with van der Waals surface area (Å²) in [5.41, 5.74) is 8.78. The van der Waals surface area contributed by atoms with Crippen LogP contribution in [0.5, 0.6) is 0 Å². The Hall–Kier alpha value is -3.21. The van der Waals surface area contributed by atoms with Crippen molar-refractivity contribution in [3.63, 3.8) is 0 Å². The van der Waals surface area contributed by atoms with Gasteiger partial charge in [0, 0.05) is 30.5 Å². The number of piperidine rings is 1. The summed E-state index contributed by atoms with van der Waals surface area (Å²) in [7, 11) is 0. The normalized spacial score (nSPS) is 17.4. The van der Waals surface area contributed by atoms with Gasteiger partial charge in [0.15, 0.2) is 5.82 Å². The van der Waals surface area contributed by atoms with Crippen LogP contribution in [0.3, 0.4) is 0 Å². The summed E-state index contributed by atoms with van der Waals surface area (Å²) in [5, 5.41) is 4.69. The van der Waals surface area contributed by atoms with Gasteiger partial charge in [0.05, 0.1) is 17.6 Å². The molecular formula is C26H27N5. The molecule has 1 spiro atoms. The summed E-state index contributed by atoms with van der Waals surface area (Å²) >= 11 is 0. The van der Waals surface area contributed by atoms with E-state index in [4.69, 9.17) is 10.1 Å². The largest absolute Gasteiger partial charge is 0.355 e. The van der Waals surface area contributed by atoms with Crippen molar-refractivity contribution in [2.75, 3.05) is 18.0 Å². The Kier molecular flexibility index (Phi) is 4.13. The predicted molar refractivity (Wildman–Crippen MR) is 123 cm³/mol. The summed E-state index contributed by atoms with van der Waals surface area (Å²) in [6, 6.07) is 14.9. The van der Waals surface area contributed by atoms with Gasteiger partial charge < -0.3 is 4.90 Å². The number of hydrogen-bond donors (Lipinski definition) is 0. The van der Waals surface area contributed by atoms with Crippen molar-refractivity contribution in [3.8, 4) is 11.3 Å². The molecule has 3 aromatic heterocycles. The summed E-state index contributed by atoms with van der Waals surface area (Å²) in [5.74, 6) is 1.07. The first kappa shape index (κ1) is 18.6. The maximum Gasteiger partial charge on any atom is 0.155 e. The van der Waals surface area contributed by atoms with Crippen molar-refractivity contribution < 1.29 is 0 Å². The van der Waals surface area contributed by atoms with Crippen LogP contribution in [0.15, 0.2) is 54.9 Å². The fourth-order valence-corrected chi connectivity index (χ4v) is 5.61. The van der Waals surface area contributed by atoms with Gasteiger partial charge in [-0.2, -0.15) is 5.10 Å². The van der Waals surface area contributed by atoms with Gasteiger partial charge in [-0.05, 0) is 68.2 Å². The fourth-order valence-electron chi connectivity index (χ4n) is 5.61. The Morgan fingerprint density at radius 3 is 2.55 bits per heavy atom. The molecule has 0 unspecified atom stereocenters. The van der Waals surface area contributed by atoms with Gasteiger partial charge in [-0.15, -0.1) is 0 Å². The van der Waals surface area contributed by atoms with Crippen LogP contribution in [0.1, 0.15) is 35.4 Å². The summed E-state index contributed by atoms with van der Waals surface area (Å²) in [6.07, 6.45) is 8.49. The second-order valence-electron chi connectivity index (χ2n) is 9.26. The minimum absolute atomic E-state index is 0.375. The van der Waals surface area contributed by atoms with Crippen LogP contribution in [-0.4, -0.2) is 32.7 Å². The molecule has 4 heterocycles. The molecule has 1 aliphatic carbocycles. The lowest BCUT2D eigenvalue weighted by atomic mass is 9.76. The van der Waals surface area contributed by atoms with Crippen molar-refractivity contribution in [2.45, 2.75) is 39.5 Å². The molecule has 1 saturated heterocycles. The first-order valence-electron chi connectivity index (χ1n) is 11.2. The molecule has 31 heavy (non-hydrogen) atoms. The molecule has 2 aliphatic rings. The van der Waals surface area contributed by atoms with E-state index in [-0.39, 0.29) is 0 Å². The van der Waals surface area contributed by atoms with E-state index in [1.807, 2.05) is 12.4 Å². The average Bonchev–Trinajstić information content (AvgIpc) is 3.39. The standard InChI is InChI=1S/C26H27N5/c1-18-6-3-4-8-21(18)24-19(2)29-25(23-9-13-28-31(23)24)30-14-10-26(11-15-30)16-20-7-5-12-27-22(20)17-26/h3-9,12-13H,10-11,14-17H2,1-2H3. The van der Waals surface area contributed by atoms with Crippen LogP contribution in [-0.2, 0) is 12.8 Å². The van der Waals surface area contributed by atoms with E-state index in [0.717, 1.165) is 42.2 Å². The molecule has 0 N–H and O–H groups in total. The number of anilines is 1. The molecule has 0 radical (unpaired) electrons.